The summed E-state index contributed by atoms with van der Waals surface area (Å²) in [5.41, 5.74) is 2.21. The highest BCUT2D eigenvalue weighted by Gasteiger charge is 2.25. The van der Waals surface area contributed by atoms with Crippen LogP contribution >= 0.6 is 11.3 Å². The number of thiazole rings is 1. The summed E-state index contributed by atoms with van der Waals surface area (Å²) in [5, 5.41) is 28.3. The van der Waals surface area contributed by atoms with Gasteiger partial charge in [-0.25, -0.2) is 19.1 Å². The highest BCUT2D eigenvalue weighted by Crippen LogP contribution is 2.32. The van der Waals surface area contributed by atoms with Gasteiger partial charge in [-0.1, -0.05) is 0 Å². The molecule has 28 heavy (non-hydrogen) atoms. The van der Waals surface area contributed by atoms with E-state index in [9.17, 15) is 19.2 Å². The van der Waals surface area contributed by atoms with Gasteiger partial charge in [0.25, 0.3) is 0 Å². The summed E-state index contributed by atoms with van der Waals surface area (Å²) >= 11 is 0.946. The van der Waals surface area contributed by atoms with Gasteiger partial charge in [-0.15, -0.1) is 15.7 Å². The molecule has 2 heterocycles. The van der Waals surface area contributed by atoms with Gasteiger partial charge >= 0.3 is 6.03 Å². The minimum atomic E-state index is -3.52. The lowest BCUT2D eigenvalue weighted by Gasteiger charge is -2.15. The van der Waals surface area contributed by atoms with Crippen LogP contribution in [0.4, 0.5) is 10.5 Å². The molecule has 0 aliphatic heterocycles. The van der Waals surface area contributed by atoms with Crippen LogP contribution in [-0.2, 0) is 35.0 Å². The lowest BCUT2D eigenvalue weighted by Crippen LogP contribution is -2.18. The van der Waals surface area contributed by atoms with Crippen molar-refractivity contribution >= 4 is 33.0 Å². The standard InChI is InChI=1S/C17H23N5O4S2/c1-9-12(8-23)20-11-6-4-5-10(11)14(9)21-16(24)22-28(18,26)13-7-19-15(27-13)17(2,3)25/h7,23,25H,4-6,8H2,1-3H3,(H3,18,20,21,22,24,26). The van der Waals surface area contributed by atoms with Crippen LogP contribution in [0.15, 0.2) is 14.8 Å². The van der Waals surface area contributed by atoms with Crippen molar-refractivity contribution in [1.82, 2.24) is 9.97 Å². The fraction of sp³-hybridized carbons (Fsp3) is 0.471. The molecule has 0 saturated heterocycles. The van der Waals surface area contributed by atoms with E-state index in [-0.39, 0.29) is 10.8 Å². The Balaban J connectivity index is 1.93. The van der Waals surface area contributed by atoms with E-state index in [1.54, 1.807) is 20.8 Å². The van der Waals surface area contributed by atoms with E-state index in [1.807, 2.05) is 0 Å². The van der Waals surface area contributed by atoms with Crippen molar-refractivity contribution in [2.45, 2.75) is 56.5 Å². The first kappa shape index (κ1) is 20.8. The molecule has 5 N–H and O–H groups in total. The number of fused-ring (bicyclic) bond motifs is 1. The van der Waals surface area contributed by atoms with Gasteiger partial charge in [0, 0.05) is 5.69 Å². The van der Waals surface area contributed by atoms with Crippen LogP contribution in [0.1, 0.15) is 47.8 Å². The average Bonchev–Trinajstić information content (AvgIpc) is 3.25. The highest BCUT2D eigenvalue weighted by atomic mass is 32.2. The fourth-order valence-electron chi connectivity index (χ4n) is 3.04. The van der Waals surface area contributed by atoms with Crippen molar-refractivity contribution in [2.24, 2.45) is 9.50 Å². The molecular formula is C17H23N5O4S2. The Morgan fingerprint density at radius 1 is 1.46 bits per heavy atom. The van der Waals surface area contributed by atoms with Crippen LogP contribution in [0.5, 0.6) is 0 Å². The molecule has 2 aromatic rings. The third kappa shape index (κ3) is 4.08. The Labute approximate surface area is 167 Å². The van der Waals surface area contributed by atoms with Crippen LogP contribution < -0.4 is 10.5 Å². The van der Waals surface area contributed by atoms with Crippen molar-refractivity contribution in [2.75, 3.05) is 5.32 Å². The predicted molar refractivity (Wildman–Crippen MR) is 106 cm³/mol. The Bertz CT molecular complexity index is 1050. The molecule has 0 saturated carbocycles. The van der Waals surface area contributed by atoms with Crippen molar-refractivity contribution in [1.29, 1.82) is 0 Å². The summed E-state index contributed by atoms with van der Waals surface area (Å²) in [4.78, 5) is 20.9. The van der Waals surface area contributed by atoms with Crippen molar-refractivity contribution in [3.63, 3.8) is 0 Å². The number of aromatic nitrogens is 2. The monoisotopic (exact) mass is 425 g/mol. The first-order valence-corrected chi connectivity index (χ1v) is 11.1. The third-order valence-corrected chi connectivity index (χ3v) is 7.65. The topological polar surface area (TPSA) is 151 Å². The molecule has 2 aromatic heterocycles. The molecular weight excluding hydrogens is 402 g/mol. The van der Waals surface area contributed by atoms with E-state index in [0.29, 0.717) is 22.0 Å². The van der Waals surface area contributed by atoms with E-state index < -0.39 is 21.5 Å². The molecule has 11 heteroatoms. The largest absolute Gasteiger partial charge is 0.390 e. The Morgan fingerprint density at radius 2 is 2.18 bits per heavy atom. The molecule has 1 aliphatic rings. The van der Waals surface area contributed by atoms with Gasteiger partial charge in [-0.3, -0.25) is 4.98 Å². The zero-order valence-corrected chi connectivity index (χ0v) is 17.5. The van der Waals surface area contributed by atoms with Crippen LogP contribution in [0.2, 0.25) is 0 Å². The molecule has 1 aliphatic carbocycles. The molecule has 1 unspecified atom stereocenters. The second-order valence-corrected chi connectivity index (χ2v) is 10.2. The molecule has 0 aromatic carbocycles. The van der Waals surface area contributed by atoms with Crippen LogP contribution in [-0.4, -0.2) is 30.4 Å². The maximum absolute atomic E-state index is 12.8. The summed E-state index contributed by atoms with van der Waals surface area (Å²) in [5.74, 6) is 0. The highest BCUT2D eigenvalue weighted by molar-refractivity contribution is 7.93. The second kappa shape index (κ2) is 7.48. The number of carbonyl (C=O) groups excluding carboxylic acids is 1. The second-order valence-electron chi connectivity index (χ2n) is 7.13. The smallest absolute Gasteiger partial charge is 0.354 e. The lowest BCUT2D eigenvalue weighted by atomic mass is 10.1. The van der Waals surface area contributed by atoms with Gasteiger partial charge in [0.1, 0.15) is 14.8 Å². The minimum absolute atomic E-state index is 0.104. The number of urea groups is 1. The van der Waals surface area contributed by atoms with E-state index >= 15 is 0 Å². The molecule has 3 rings (SSSR count). The van der Waals surface area contributed by atoms with Crippen molar-refractivity contribution in [3.8, 4) is 0 Å². The Hall–Kier alpha value is -1.92. The van der Waals surface area contributed by atoms with E-state index in [2.05, 4.69) is 19.6 Å². The summed E-state index contributed by atoms with van der Waals surface area (Å²) in [6.07, 6.45) is 3.70. The van der Waals surface area contributed by atoms with Crippen molar-refractivity contribution in [3.05, 3.63) is 33.7 Å². The van der Waals surface area contributed by atoms with Crippen LogP contribution in [0.3, 0.4) is 0 Å². The molecule has 0 spiro atoms. The number of aliphatic hydroxyl groups excluding tert-OH is 1. The Morgan fingerprint density at radius 3 is 2.79 bits per heavy atom. The first-order chi connectivity index (χ1) is 13.0. The van der Waals surface area contributed by atoms with Crippen LogP contribution in [0.25, 0.3) is 0 Å². The van der Waals surface area contributed by atoms with Gasteiger partial charge in [-0.2, -0.15) is 0 Å². The summed E-state index contributed by atoms with van der Waals surface area (Å²) in [6.45, 7) is 4.60. The maximum Gasteiger partial charge on any atom is 0.354 e. The number of aryl methyl sites for hydroxylation is 1. The number of nitrogens with two attached hydrogens (primary N) is 1. The first-order valence-electron chi connectivity index (χ1n) is 8.69. The zero-order valence-electron chi connectivity index (χ0n) is 15.9. The van der Waals surface area contributed by atoms with Gasteiger partial charge in [0.05, 0.1) is 24.2 Å². The number of nitrogens with zero attached hydrogens (tertiary/aromatic N) is 3. The maximum atomic E-state index is 12.8. The van der Waals surface area contributed by atoms with Crippen molar-refractivity contribution < 1.29 is 19.2 Å². The number of carbonyl (C=O) groups is 1. The molecule has 9 nitrogen and oxygen atoms in total. The molecule has 2 amide bonds. The number of aliphatic hydroxyl groups is 2. The van der Waals surface area contributed by atoms with Gasteiger partial charge in [0.2, 0.25) is 0 Å². The number of hydrogen-bond donors (Lipinski definition) is 4. The fourth-order valence-corrected chi connectivity index (χ4v) is 5.10. The zero-order chi connectivity index (χ0) is 20.7. The quantitative estimate of drug-likeness (QED) is 0.588. The predicted octanol–water partition coefficient (Wildman–Crippen LogP) is 1.99. The average molecular weight is 426 g/mol. The molecule has 0 fully saturated rings. The molecule has 1 atom stereocenters. The number of rotatable bonds is 4. The number of pyridine rings is 1. The van der Waals surface area contributed by atoms with Gasteiger partial charge in [0.15, 0.2) is 9.92 Å². The third-order valence-electron chi connectivity index (χ3n) is 4.46. The number of nitrogens with one attached hydrogen (secondary N) is 1. The number of anilines is 1. The number of hydrogen-bond acceptors (Lipinski definition) is 7. The normalized spacial score (nSPS) is 15.8. The molecule has 0 bridgehead atoms. The molecule has 152 valence electrons. The minimum Gasteiger partial charge on any atom is -0.390 e. The van der Waals surface area contributed by atoms with Gasteiger partial charge < -0.3 is 15.5 Å². The summed E-state index contributed by atoms with van der Waals surface area (Å²) in [6, 6.07) is -0.849. The summed E-state index contributed by atoms with van der Waals surface area (Å²) in [7, 11) is -3.52. The lowest BCUT2D eigenvalue weighted by molar-refractivity contribution is 0.0783. The Kier molecular flexibility index (Phi) is 5.56. The summed E-state index contributed by atoms with van der Waals surface area (Å²) < 4.78 is 16.5. The molecule has 0 radical (unpaired) electrons. The van der Waals surface area contributed by atoms with E-state index in [1.165, 1.54) is 6.20 Å². The van der Waals surface area contributed by atoms with E-state index in [0.717, 1.165) is 41.9 Å². The van der Waals surface area contributed by atoms with Crippen LogP contribution in [0, 0.1) is 6.92 Å². The number of amides is 2. The van der Waals surface area contributed by atoms with E-state index in [4.69, 9.17) is 5.14 Å². The SMILES string of the molecule is Cc1c(CO)nc2c(c1NC(=O)N=S(N)(=O)c1cnc(C(C)(C)O)s1)CCC2. The van der Waals surface area contributed by atoms with Gasteiger partial charge in [-0.05, 0) is 51.2 Å².